The highest BCUT2D eigenvalue weighted by Crippen LogP contribution is 2.32. The quantitative estimate of drug-likeness (QED) is 0.896. The zero-order valence-corrected chi connectivity index (χ0v) is 12.3. The molecule has 0 saturated carbocycles. The van der Waals surface area contributed by atoms with E-state index in [4.69, 9.17) is 16.3 Å². The third kappa shape index (κ3) is 3.86. The first-order valence-corrected chi connectivity index (χ1v) is 8.34. The lowest BCUT2D eigenvalue weighted by Gasteiger charge is -2.30. The first-order valence-electron chi connectivity index (χ1n) is 5.99. The summed E-state index contributed by atoms with van der Waals surface area (Å²) < 4.78 is 6.73. The number of ether oxygens (including phenoxy) is 1. The van der Waals surface area contributed by atoms with E-state index in [-0.39, 0.29) is 6.10 Å². The summed E-state index contributed by atoms with van der Waals surface area (Å²) in [5, 5.41) is 3.58. The molecule has 1 aliphatic heterocycles. The zero-order chi connectivity index (χ0) is 12.1. The predicted octanol–water partition coefficient (Wildman–Crippen LogP) is 3.57. The molecule has 1 saturated heterocycles. The van der Waals surface area contributed by atoms with Crippen molar-refractivity contribution in [2.75, 3.05) is 24.7 Å². The largest absolute Gasteiger partial charge is 0.374 e. The Morgan fingerprint density at radius 2 is 2.47 bits per heavy atom. The Kier molecular flexibility index (Phi) is 5.63. The van der Waals surface area contributed by atoms with Gasteiger partial charge in [-0.3, -0.25) is 0 Å². The fourth-order valence-electron chi connectivity index (χ4n) is 1.91. The average Bonchev–Trinajstić information content (AvgIpc) is 2.78. The number of halogens is 1. The van der Waals surface area contributed by atoms with Crippen LogP contribution in [0.25, 0.3) is 0 Å². The Morgan fingerprint density at radius 3 is 3.06 bits per heavy atom. The molecule has 1 aromatic heterocycles. The first kappa shape index (κ1) is 13.7. The molecule has 2 heterocycles. The molecular weight excluding hydrogens is 274 g/mol. The molecular formula is C12H18ClNOS2. The molecule has 5 heteroatoms. The van der Waals surface area contributed by atoms with Gasteiger partial charge in [-0.05, 0) is 25.1 Å². The van der Waals surface area contributed by atoms with Gasteiger partial charge in [0.2, 0.25) is 0 Å². The van der Waals surface area contributed by atoms with Crippen molar-refractivity contribution < 1.29 is 4.74 Å². The Morgan fingerprint density at radius 1 is 1.59 bits per heavy atom. The summed E-state index contributed by atoms with van der Waals surface area (Å²) in [5.41, 5.74) is 0. The van der Waals surface area contributed by atoms with Crippen LogP contribution in [-0.2, 0) is 4.74 Å². The molecule has 0 radical (unpaired) electrons. The monoisotopic (exact) mass is 291 g/mol. The van der Waals surface area contributed by atoms with Crippen LogP contribution in [0.15, 0.2) is 12.1 Å². The van der Waals surface area contributed by atoms with Gasteiger partial charge in [0.25, 0.3) is 0 Å². The summed E-state index contributed by atoms with van der Waals surface area (Å²) in [7, 11) is 0. The van der Waals surface area contributed by atoms with Gasteiger partial charge in [0, 0.05) is 16.4 Å². The summed E-state index contributed by atoms with van der Waals surface area (Å²) in [6.45, 7) is 4.06. The van der Waals surface area contributed by atoms with Crippen LogP contribution < -0.4 is 5.32 Å². The Balaban J connectivity index is 2.06. The molecule has 0 amide bonds. The molecule has 2 nitrogen and oxygen atoms in total. The van der Waals surface area contributed by atoms with Gasteiger partial charge in [-0.15, -0.1) is 11.3 Å². The van der Waals surface area contributed by atoms with Crippen LogP contribution in [0.1, 0.15) is 24.3 Å². The second-order valence-electron chi connectivity index (χ2n) is 4.06. The van der Waals surface area contributed by atoms with Crippen LogP contribution in [0, 0.1) is 0 Å². The fourth-order valence-corrected chi connectivity index (χ4v) is 4.00. The molecule has 2 rings (SSSR count). The number of thiophene rings is 1. The van der Waals surface area contributed by atoms with Crippen molar-refractivity contribution in [3.8, 4) is 0 Å². The SMILES string of the molecule is CCCNC(c1ccc(Cl)s1)C1CSCCO1. The minimum atomic E-state index is 0.273. The second-order valence-corrected chi connectivity index (χ2v) is 6.95. The lowest BCUT2D eigenvalue weighted by atomic mass is 10.1. The minimum absolute atomic E-state index is 0.273. The first-order chi connectivity index (χ1) is 8.31. The standard InChI is InChI=1S/C12H18ClNOS2/c1-2-5-14-12(9-8-16-7-6-15-9)10-3-4-11(13)17-10/h3-4,9,12,14H,2,5-8H2,1H3. The molecule has 0 bridgehead atoms. The van der Waals surface area contributed by atoms with Crippen LogP contribution in [0.3, 0.4) is 0 Å². The molecule has 1 aliphatic rings. The van der Waals surface area contributed by atoms with Crippen LogP contribution >= 0.6 is 34.7 Å². The van der Waals surface area contributed by atoms with Crippen molar-refractivity contribution >= 4 is 34.7 Å². The molecule has 1 aromatic rings. The van der Waals surface area contributed by atoms with E-state index in [0.29, 0.717) is 6.04 Å². The van der Waals surface area contributed by atoms with E-state index in [2.05, 4.69) is 18.3 Å². The Hall–Kier alpha value is 0.260. The number of nitrogens with one attached hydrogen (secondary N) is 1. The molecule has 17 heavy (non-hydrogen) atoms. The van der Waals surface area contributed by atoms with Gasteiger partial charge in [-0.1, -0.05) is 18.5 Å². The molecule has 0 aromatic carbocycles. The fraction of sp³-hybridized carbons (Fsp3) is 0.667. The van der Waals surface area contributed by atoms with Crippen molar-refractivity contribution in [3.63, 3.8) is 0 Å². The molecule has 0 spiro atoms. The van der Waals surface area contributed by atoms with Gasteiger partial charge in [0.1, 0.15) is 0 Å². The molecule has 0 aliphatic carbocycles. The van der Waals surface area contributed by atoms with Crippen LogP contribution in [0.5, 0.6) is 0 Å². The average molecular weight is 292 g/mol. The highest BCUT2D eigenvalue weighted by Gasteiger charge is 2.26. The van der Waals surface area contributed by atoms with Gasteiger partial charge in [-0.25, -0.2) is 0 Å². The van der Waals surface area contributed by atoms with E-state index in [1.807, 2.05) is 17.8 Å². The lowest BCUT2D eigenvalue weighted by molar-refractivity contribution is 0.0477. The van der Waals surface area contributed by atoms with Gasteiger partial charge >= 0.3 is 0 Å². The predicted molar refractivity (Wildman–Crippen MR) is 77.4 cm³/mol. The van der Waals surface area contributed by atoms with Crippen LogP contribution in [-0.4, -0.2) is 30.8 Å². The van der Waals surface area contributed by atoms with E-state index < -0.39 is 0 Å². The van der Waals surface area contributed by atoms with Crippen molar-refractivity contribution in [2.45, 2.75) is 25.5 Å². The Labute approximate surface area is 116 Å². The number of hydrogen-bond acceptors (Lipinski definition) is 4. The number of rotatable bonds is 5. The number of thioether (sulfide) groups is 1. The number of hydrogen-bond donors (Lipinski definition) is 1. The van der Waals surface area contributed by atoms with E-state index in [1.165, 1.54) is 4.88 Å². The minimum Gasteiger partial charge on any atom is -0.374 e. The smallest absolute Gasteiger partial charge is 0.0931 e. The van der Waals surface area contributed by atoms with Gasteiger partial charge in [0.05, 0.1) is 23.1 Å². The van der Waals surface area contributed by atoms with Crippen LogP contribution in [0.2, 0.25) is 4.34 Å². The molecule has 1 N–H and O–H groups in total. The summed E-state index contributed by atoms with van der Waals surface area (Å²) in [5.74, 6) is 2.18. The molecule has 2 unspecified atom stereocenters. The summed E-state index contributed by atoms with van der Waals surface area (Å²) in [4.78, 5) is 1.29. The van der Waals surface area contributed by atoms with E-state index in [1.54, 1.807) is 11.3 Å². The van der Waals surface area contributed by atoms with Crippen LogP contribution in [0.4, 0.5) is 0 Å². The normalized spacial score (nSPS) is 22.6. The maximum absolute atomic E-state index is 6.02. The maximum Gasteiger partial charge on any atom is 0.0931 e. The van der Waals surface area contributed by atoms with Crippen molar-refractivity contribution in [1.82, 2.24) is 5.32 Å². The highest BCUT2D eigenvalue weighted by molar-refractivity contribution is 7.99. The zero-order valence-electron chi connectivity index (χ0n) is 9.95. The topological polar surface area (TPSA) is 21.3 Å². The van der Waals surface area contributed by atoms with Crippen molar-refractivity contribution in [1.29, 1.82) is 0 Å². The molecule has 1 fully saturated rings. The van der Waals surface area contributed by atoms with Gasteiger partial charge < -0.3 is 10.1 Å². The lowest BCUT2D eigenvalue weighted by Crippen LogP contribution is -2.38. The van der Waals surface area contributed by atoms with E-state index in [0.717, 1.165) is 35.4 Å². The van der Waals surface area contributed by atoms with E-state index >= 15 is 0 Å². The third-order valence-electron chi connectivity index (χ3n) is 2.73. The Bertz CT molecular complexity index is 339. The molecule has 96 valence electrons. The van der Waals surface area contributed by atoms with Gasteiger partial charge in [-0.2, -0.15) is 11.8 Å². The highest BCUT2D eigenvalue weighted by atomic mass is 35.5. The summed E-state index contributed by atoms with van der Waals surface area (Å²) in [6.07, 6.45) is 1.41. The van der Waals surface area contributed by atoms with Crippen molar-refractivity contribution in [2.24, 2.45) is 0 Å². The maximum atomic E-state index is 6.02. The van der Waals surface area contributed by atoms with Crippen molar-refractivity contribution in [3.05, 3.63) is 21.3 Å². The summed E-state index contributed by atoms with van der Waals surface area (Å²) >= 11 is 9.65. The van der Waals surface area contributed by atoms with E-state index in [9.17, 15) is 0 Å². The van der Waals surface area contributed by atoms with Gasteiger partial charge in [0.15, 0.2) is 0 Å². The second kappa shape index (κ2) is 7.00. The third-order valence-corrected chi connectivity index (χ3v) is 5.06. The summed E-state index contributed by atoms with van der Waals surface area (Å²) in [6, 6.07) is 4.38. The molecule has 2 atom stereocenters.